The van der Waals surface area contributed by atoms with Crippen LogP contribution in [0.4, 0.5) is 0 Å². The molecule has 0 saturated heterocycles. The molecule has 0 aliphatic carbocycles. The first kappa shape index (κ1) is 15.7. The molecule has 5 heteroatoms. The van der Waals surface area contributed by atoms with Crippen LogP contribution in [0.15, 0.2) is 0 Å². The number of ether oxygens (including phenoxy) is 1. The van der Waals surface area contributed by atoms with Gasteiger partial charge in [-0.1, -0.05) is 6.92 Å². The summed E-state index contributed by atoms with van der Waals surface area (Å²) < 4.78 is 6.81. The minimum atomic E-state index is -0.376. The maximum Gasteiger partial charge on any atom is 0.330 e. The number of carbonyl (C=O) groups excluding carboxylic acids is 1. The first-order valence-corrected chi connectivity index (χ1v) is 6.94. The van der Waals surface area contributed by atoms with Gasteiger partial charge in [-0.05, 0) is 40.7 Å². The van der Waals surface area contributed by atoms with E-state index in [-0.39, 0.29) is 12.0 Å². The summed E-state index contributed by atoms with van der Waals surface area (Å²) in [6.07, 6.45) is 1.10. The number of esters is 1. The fourth-order valence-corrected chi connectivity index (χ4v) is 2.08. The Morgan fingerprint density at radius 3 is 2.68 bits per heavy atom. The topological polar surface area (TPSA) is 56.2 Å². The predicted molar refractivity (Wildman–Crippen MR) is 75.0 cm³/mol. The molecule has 0 saturated carbocycles. The second-order valence-corrected chi connectivity index (χ2v) is 4.70. The summed E-state index contributed by atoms with van der Waals surface area (Å²) in [4.78, 5) is 11.8. The van der Waals surface area contributed by atoms with Crippen molar-refractivity contribution in [2.45, 2.75) is 53.6 Å². The Kier molecular flexibility index (Phi) is 6.02. The minimum absolute atomic E-state index is 0.235. The highest BCUT2D eigenvalue weighted by atomic mass is 16.5. The van der Waals surface area contributed by atoms with Gasteiger partial charge in [-0.15, -0.1) is 0 Å². The van der Waals surface area contributed by atoms with Crippen LogP contribution in [0.1, 0.15) is 50.2 Å². The highest BCUT2D eigenvalue weighted by Crippen LogP contribution is 2.18. The molecule has 108 valence electrons. The van der Waals surface area contributed by atoms with Gasteiger partial charge in [0.25, 0.3) is 0 Å². The van der Waals surface area contributed by atoms with Crippen LogP contribution in [-0.4, -0.2) is 28.9 Å². The standard InChI is InChI=1S/C14H25N3O2/c1-6-8-15-9-13-10(3)16-17(11(13)4)12(5)14(18)19-7-2/h12,15H,6-9H2,1-5H3. The quantitative estimate of drug-likeness (QED) is 0.607. The molecule has 5 nitrogen and oxygen atoms in total. The van der Waals surface area contributed by atoms with E-state index >= 15 is 0 Å². The molecule has 0 fully saturated rings. The van der Waals surface area contributed by atoms with E-state index in [4.69, 9.17) is 4.74 Å². The summed E-state index contributed by atoms with van der Waals surface area (Å²) >= 11 is 0. The van der Waals surface area contributed by atoms with Crippen molar-refractivity contribution >= 4 is 5.97 Å². The van der Waals surface area contributed by atoms with E-state index in [0.29, 0.717) is 6.61 Å². The summed E-state index contributed by atoms with van der Waals surface area (Å²) in [6.45, 7) is 11.9. The zero-order chi connectivity index (χ0) is 14.4. The lowest BCUT2D eigenvalue weighted by molar-refractivity contribution is -0.146. The van der Waals surface area contributed by atoms with E-state index in [1.807, 2.05) is 27.7 Å². The average Bonchev–Trinajstić information content (AvgIpc) is 2.66. The number of nitrogens with one attached hydrogen (secondary N) is 1. The monoisotopic (exact) mass is 267 g/mol. The van der Waals surface area contributed by atoms with Gasteiger partial charge in [0, 0.05) is 17.8 Å². The Morgan fingerprint density at radius 2 is 2.11 bits per heavy atom. The third kappa shape index (κ3) is 3.80. The van der Waals surface area contributed by atoms with E-state index in [1.165, 1.54) is 5.56 Å². The molecule has 0 bridgehead atoms. The Hall–Kier alpha value is -1.36. The first-order chi connectivity index (χ1) is 9.02. The molecule has 0 spiro atoms. The van der Waals surface area contributed by atoms with E-state index in [1.54, 1.807) is 4.68 Å². The normalized spacial score (nSPS) is 12.5. The lowest BCUT2D eigenvalue weighted by atomic mass is 10.2. The summed E-state index contributed by atoms with van der Waals surface area (Å²) in [5, 5.41) is 7.84. The van der Waals surface area contributed by atoms with Crippen molar-refractivity contribution < 1.29 is 9.53 Å². The third-order valence-corrected chi connectivity index (χ3v) is 3.20. The lowest BCUT2D eigenvalue weighted by Crippen LogP contribution is -2.21. The molecule has 0 aliphatic rings. The molecule has 1 aromatic rings. The highest BCUT2D eigenvalue weighted by molar-refractivity contribution is 5.73. The van der Waals surface area contributed by atoms with Gasteiger partial charge in [0.1, 0.15) is 6.04 Å². The van der Waals surface area contributed by atoms with Gasteiger partial charge in [-0.2, -0.15) is 5.10 Å². The van der Waals surface area contributed by atoms with Crippen LogP contribution in [0.25, 0.3) is 0 Å². The van der Waals surface area contributed by atoms with Crippen molar-refractivity contribution in [3.05, 3.63) is 17.0 Å². The average molecular weight is 267 g/mol. The van der Waals surface area contributed by atoms with Crippen molar-refractivity contribution in [1.82, 2.24) is 15.1 Å². The number of aromatic nitrogens is 2. The zero-order valence-corrected chi connectivity index (χ0v) is 12.6. The van der Waals surface area contributed by atoms with Crippen LogP contribution >= 0.6 is 0 Å². The molecule has 1 unspecified atom stereocenters. The highest BCUT2D eigenvalue weighted by Gasteiger charge is 2.21. The van der Waals surface area contributed by atoms with Crippen LogP contribution in [0.5, 0.6) is 0 Å². The lowest BCUT2D eigenvalue weighted by Gasteiger charge is -2.13. The number of hydrogen-bond acceptors (Lipinski definition) is 4. The van der Waals surface area contributed by atoms with Crippen LogP contribution in [0.2, 0.25) is 0 Å². The van der Waals surface area contributed by atoms with Crippen LogP contribution in [0, 0.1) is 13.8 Å². The molecular formula is C14H25N3O2. The first-order valence-electron chi connectivity index (χ1n) is 6.94. The molecule has 0 radical (unpaired) electrons. The molecule has 0 aliphatic heterocycles. The summed E-state index contributed by atoms with van der Waals surface area (Å²) in [7, 11) is 0. The van der Waals surface area contributed by atoms with E-state index in [0.717, 1.165) is 30.9 Å². The summed E-state index contributed by atoms with van der Waals surface area (Å²) in [5.41, 5.74) is 3.17. The maximum atomic E-state index is 11.8. The van der Waals surface area contributed by atoms with Gasteiger partial charge in [-0.25, -0.2) is 4.79 Å². The van der Waals surface area contributed by atoms with Crippen LogP contribution in [0.3, 0.4) is 0 Å². The molecule has 1 atom stereocenters. The van der Waals surface area contributed by atoms with E-state index in [9.17, 15) is 4.79 Å². The number of nitrogens with zero attached hydrogens (tertiary/aromatic N) is 2. The Morgan fingerprint density at radius 1 is 1.42 bits per heavy atom. The maximum absolute atomic E-state index is 11.8. The molecule has 1 rings (SSSR count). The fourth-order valence-electron chi connectivity index (χ4n) is 2.08. The molecule has 0 amide bonds. The number of hydrogen-bond donors (Lipinski definition) is 1. The largest absolute Gasteiger partial charge is 0.464 e. The molecule has 1 heterocycles. The van der Waals surface area contributed by atoms with E-state index < -0.39 is 0 Å². The van der Waals surface area contributed by atoms with Gasteiger partial charge in [0.2, 0.25) is 0 Å². The number of aryl methyl sites for hydroxylation is 1. The predicted octanol–water partition coefficient (Wildman–Crippen LogP) is 2.12. The second-order valence-electron chi connectivity index (χ2n) is 4.70. The fraction of sp³-hybridized carbons (Fsp3) is 0.714. The van der Waals surface area contributed by atoms with Gasteiger partial charge in [0.05, 0.1) is 12.3 Å². The van der Waals surface area contributed by atoms with Gasteiger partial charge < -0.3 is 10.1 Å². The smallest absolute Gasteiger partial charge is 0.330 e. The Balaban J connectivity index is 2.86. The molecular weight excluding hydrogens is 242 g/mol. The Bertz CT molecular complexity index is 427. The molecule has 1 N–H and O–H groups in total. The summed E-state index contributed by atoms with van der Waals surface area (Å²) in [6, 6.07) is -0.376. The molecule has 19 heavy (non-hydrogen) atoms. The number of carbonyl (C=O) groups is 1. The number of rotatable bonds is 7. The van der Waals surface area contributed by atoms with Crippen molar-refractivity contribution in [2.75, 3.05) is 13.2 Å². The zero-order valence-electron chi connectivity index (χ0n) is 12.6. The van der Waals surface area contributed by atoms with Crippen molar-refractivity contribution in [1.29, 1.82) is 0 Å². The molecule has 1 aromatic heterocycles. The van der Waals surface area contributed by atoms with Gasteiger partial charge in [0.15, 0.2) is 0 Å². The van der Waals surface area contributed by atoms with E-state index in [2.05, 4.69) is 17.3 Å². The summed E-state index contributed by atoms with van der Waals surface area (Å²) in [5.74, 6) is -0.235. The third-order valence-electron chi connectivity index (χ3n) is 3.20. The van der Waals surface area contributed by atoms with Crippen LogP contribution < -0.4 is 5.32 Å². The van der Waals surface area contributed by atoms with Crippen LogP contribution in [-0.2, 0) is 16.1 Å². The molecule has 0 aromatic carbocycles. The SMILES string of the molecule is CCCNCc1c(C)nn(C(C)C(=O)OCC)c1C. The van der Waals surface area contributed by atoms with Crippen molar-refractivity contribution in [2.24, 2.45) is 0 Å². The van der Waals surface area contributed by atoms with Gasteiger partial charge in [-0.3, -0.25) is 4.68 Å². The van der Waals surface area contributed by atoms with Crippen molar-refractivity contribution in [3.63, 3.8) is 0 Å². The van der Waals surface area contributed by atoms with Gasteiger partial charge >= 0.3 is 5.97 Å². The Labute approximate surface area is 115 Å². The minimum Gasteiger partial charge on any atom is -0.464 e. The van der Waals surface area contributed by atoms with Crippen molar-refractivity contribution in [3.8, 4) is 0 Å². The second kappa shape index (κ2) is 7.28.